The highest BCUT2D eigenvalue weighted by atomic mass is 127. The van der Waals surface area contributed by atoms with Crippen LogP contribution in [0, 0.1) is 3.57 Å². The molecule has 0 saturated heterocycles. The lowest BCUT2D eigenvalue weighted by atomic mass is 10.1. The molecule has 0 radical (unpaired) electrons. The molecule has 0 fully saturated rings. The van der Waals surface area contributed by atoms with E-state index in [1.165, 1.54) is 0 Å². The van der Waals surface area contributed by atoms with Crippen LogP contribution in [0.15, 0.2) is 48.5 Å². The minimum atomic E-state index is -0.393. The second-order valence-electron chi connectivity index (χ2n) is 3.85. The lowest BCUT2D eigenvalue weighted by Crippen LogP contribution is -2.15. The van der Waals surface area contributed by atoms with Crippen molar-refractivity contribution in [1.82, 2.24) is 0 Å². The fourth-order valence-electron chi connectivity index (χ4n) is 1.71. The first kappa shape index (κ1) is 12.9. The largest absolute Gasteiger partial charge is 0.380 e. The van der Waals surface area contributed by atoms with E-state index in [0.717, 1.165) is 14.8 Å². The van der Waals surface area contributed by atoms with Gasteiger partial charge in [0.2, 0.25) is 5.91 Å². The van der Waals surface area contributed by atoms with Gasteiger partial charge in [-0.2, -0.15) is 0 Å². The van der Waals surface area contributed by atoms with Crippen molar-refractivity contribution in [2.24, 2.45) is 5.73 Å². The number of hydrogen-bond acceptors (Lipinski definition) is 2. The Bertz CT molecular complexity index is 569. The third kappa shape index (κ3) is 3.01. The summed E-state index contributed by atoms with van der Waals surface area (Å²) in [7, 11) is 0. The highest BCUT2D eigenvalue weighted by Gasteiger charge is 2.07. The van der Waals surface area contributed by atoms with Crippen molar-refractivity contribution in [2.45, 2.75) is 6.54 Å². The smallest absolute Gasteiger partial charge is 0.249 e. The predicted octanol–water partition coefficient (Wildman–Crippen LogP) is 3.00. The Morgan fingerprint density at radius 1 is 1.11 bits per heavy atom. The monoisotopic (exact) mass is 352 g/mol. The summed E-state index contributed by atoms with van der Waals surface area (Å²) in [5.41, 5.74) is 7.87. The Balaban J connectivity index is 2.16. The van der Waals surface area contributed by atoms with Crippen LogP contribution in [-0.2, 0) is 6.54 Å². The third-order valence-electron chi connectivity index (χ3n) is 2.63. The van der Waals surface area contributed by atoms with Crippen LogP contribution in [0.5, 0.6) is 0 Å². The molecule has 92 valence electrons. The number of primary amides is 1. The van der Waals surface area contributed by atoms with Crippen LogP contribution in [0.25, 0.3) is 0 Å². The van der Waals surface area contributed by atoms with E-state index < -0.39 is 5.91 Å². The zero-order valence-electron chi connectivity index (χ0n) is 9.69. The third-order valence-corrected chi connectivity index (χ3v) is 3.57. The molecule has 0 spiro atoms. The second-order valence-corrected chi connectivity index (χ2v) is 5.02. The fourth-order valence-corrected chi connectivity index (χ4v) is 2.29. The van der Waals surface area contributed by atoms with Crippen molar-refractivity contribution in [2.75, 3.05) is 5.32 Å². The van der Waals surface area contributed by atoms with Gasteiger partial charge in [-0.25, -0.2) is 0 Å². The summed E-state index contributed by atoms with van der Waals surface area (Å²) in [6.07, 6.45) is 0. The summed E-state index contributed by atoms with van der Waals surface area (Å²) >= 11 is 2.27. The summed E-state index contributed by atoms with van der Waals surface area (Å²) < 4.78 is 1.15. The van der Waals surface area contributed by atoms with Crippen molar-refractivity contribution in [3.8, 4) is 0 Å². The normalized spacial score (nSPS) is 10.1. The van der Waals surface area contributed by atoms with Gasteiger partial charge in [-0.15, -0.1) is 0 Å². The summed E-state index contributed by atoms with van der Waals surface area (Å²) in [5.74, 6) is -0.393. The van der Waals surface area contributed by atoms with Gasteiger partial charge in [-0.3, -0.25) is 4.79 Å². The molecule has 0 aliphatic heterocycles. The molecule has 0 aliphatic rings. The van der Waals surface area contributed by atoms with Crippen LogP contribution in [0.3, 0.4) is 0 Å². The van der Waals surface area contributed by atoms with Crippen LogP contribution in [0.4, 0.5) is 5.69 Å². The van der Waals surface area contributed by atoms with Gasteiger partial charge in [0.15, 0.2) is 0 Å². The molecule has 2 aromatic carbocycles. The molecule has 0 aliphatic carbocycles. The minimum Gasteiger partial charge on any atom is -0.380 e. The van der Waals surface area contributed by atoms with Gasteiger partial charge in [0.05, 0.1) is 0 Å². The molecule has 0 atom stereocenters. The van der Waals surface area contributed by atoms with Gasteiger partial charge in [-0.1, -0.05) is 30.3 Å². The van der Waals surface area contributed by atoms with Crippen LogP contribution in [-0.4, -0.2) is 5.91 Å². The zero-order chi connectivity index (χ0) is 13.0. The first-order valence-corrected chi connectivity index (χ1v) is 6.62. The average Bonchev–Trinajstić information content (AvgIpc) is 2.38. The summed E-state index contributed by atoms with van der Waals surface area (Å²) in [6.45, 7) is 0.582. The SMILES string of the molecule is NC(=O)c1ccccc1CNc1ccccc1I. The molecule has 1 amide bonds. The Hall–Kier alpha value is -1.56. The van der Waals surface area contributed by atoms with E-state index in [2.05, 4.69) is 27.9 Å². The maximum atomic E-state index is 11.3. The number of rotatable bonds is 4. The van der Waals surface area contributed by atoms with Crippen molar-refractivity contribution >= 4 is 34.2 Å². The van der Waals surface area contributed by atoms with Gasteiger partial charge in [0, 0.05) is 21.4 Å². The number of carbonyl (C=O) groups is 1. The second kappa shape index (κ2) is 5.86. The number of nitrogens with one attached hydrogen (secondary N) is 1. The van der Waals surface area contributed by atoms with E-state index in [1.54, 1.807) is 6.07 Å². The Morgan fingerprint density at radius 3 is 2.50 bits per heavy atom. The molecule has 3 nitrogen and oxygen atoms in total. The molecule has 2 rings (SSSR count). The highest BCUT2D eigenvalue weighted by Crippen LogP contribution is 2.18. The maximum absolute atomic E-state index is 11.3. The Labute approximate surface area is 120 Å². The van der Waals surface area contributed by atoms with E-state index in [1.807, 2.05) is 42.5 Å². The first-order valence-electron chi connectivity index (χ1n) is 5.54. The Morgan fingerprint density at radius 2 is 1.78 bits per heavy atom. The number of halogens is 1. The van der Waals surface area contributed by atoms with E-state index in [0.29, 0.717) is 12.1 Å². The van der Waals surface area contributed by atoms with Gasteiger partial charge < -0.3 is 11.1 Å². The lowest BCUT2D eigenvalue weighted by Gasteiger charge is -2.10. The number of anilines is 1. The van der Waals surface area contributed by atoms with Crippen molar-refractivity contribution in [3.05, 3.63) is 63.2 Å². The molecule has 0 bridgehead atoms. The fraction of sp³-hybridized carbons (Fsp3) is 0.0714. The molecule has 2 aromatic rings. The molecule has 0 unspecified atom stereocenters. The topological polar surface area (TPSA) is 55.1 Å². The van der Waals surface area contributed by atoms with Gasteiger partial charge >= 0.3 is 0 Å². The highest BCUT2D eigenvalue weighted by molar-refractivity contribution is 14.1. The summed E-state index contributed by atoms with van der Waals surface area (Å²) in [5, 5.41) is 3.31. The standard InChI is InChI=1S/C14H13IN2O/c15-12-7-3-4-8-13(12)17-9-10-5-1-2-6-11(10)14(16)18/h1-8,17H,9H2,(H2,16,18). The van der Waals surface area contributed by atoms with E-state index in [4.69, 9.17) is 5.73 Å². The molecule has 18 heavy (non-hydrogen) atoms. The number of benzene rings is 2. The van der Waals surface area contributed by atoms with Gasteiger partial charge in [0.1, 0.15) is 0 Å². The molecule has 4 heteroatoms. The quantitative estimate of drug-likeness (QED) is 0.832. The number of nitrogens with two attached hydrogens (primary N) is 1. The predicted molar refractivity (Wildman–Crippen MR) is 81.4 cm³/mol. The molecule has 0 aromatic heterocycles. The molecular formula is C14H13IN2O. The van der Waals surface area contributed by atoms with Gasteiger partial charge in [0.25, 0.3) is 0 Å². The average molecular weight is 352 g/mol. The molecule has 3 N–H and O–H groups in total. The van der Waals surface area contributed by atoms with Crippen LogP contribution in [0.1, 0.15) is 15.9 Å². The number of para-hydroxylation sites is 1. The first-order chi connectivity index (χ1) is 8.68. The molecule has 0 heterocycles. The van der Waals surface area contributed by atoms with Crippen molar-refractivity contribution in [3.63, 3.8) is 0 Å². The summed E-state index contributed by atoms with van der Waals surface area (Å²) in [4.78, 5) is 11.3. The van der Waals surface area contributed by atoms with Crippen LogP contribution >= 0.6 is 22.6 Å². The number of carbonyl (C=O) groups excluding carboxylic acids is 1. The van der Waals surface area contributed by atoms with E-state index in [9.17, 15) is 4.79 Å². The number of amides is 1. The van der Waals surface area contributed by atoms with Gasteiger partial charge in [-0.05, 0) is 46.4 Å². The van der Waals surface area contributed by atoms with E-state index in [-0.39, 0.29) is 0 Å². The zero-order valence-corrected chi connectivity index (χ0v) is 11.8. The van der Waals surface area contributed by atoms with Crippen LogP contribution in [0.2, 0.25) is 0 Å². The minimum absolute atomic E-state index is 0.393. The van der Waals surface area contributed by atoms with E-state index >= 15 is 0 Å². The Kier molecular flexibility index (Phi) is 4.19. The van der Waals surface area contributed by atoms with Crippen molar-refractivity contribution < 1.29 is 4.79 Å². The van der Waals surface area contributed by atoms with Crippen LogP contribution < -0.4 is 11.1 Å². The lowest BCUT2D eigenvalue weighted by molar-refractivity contribution is 0.0999. The molecule has 0 saturated carbocycles. The summed E-state index contributed by atoms with van der Waals surface area (Å²) in [6, 6.07) is 15.4. The maximum Gasteiger partial charge on any atom is 0.249 e. The number of hydrogen-bond donors (Lipinski definition) is 2. The molecular weight excluding hydrogens is 339 g/mol. The van der Waals surface area contributed by atoms with Crippen molar-refractivity contribution in [1.29, 1.82) is 0 Å².